The summed E-state index contributed by atoms with van der Waals surface area (Å²) in [5, 5.41) is 6.55. The second-order valence-electron chi connectivity index (χ2n) is 7.15. The van der Waals surface area contributed by atoms with Crippen LogP contribution in [0.1, 0.15) is 31.2 Å². The zero-order chi connectivity index (χ0) is 18.5. The summed E-state index contributed by atoms with van der Waals surface area (Å²) in [7, 11) is 0. The molecule has 1 aliphatic carbocycles. The van der Waals surface area contributed by atoms with Gasteiger partial charge in [-0.05, 0) is 80.0 Å². The van der Waals surface area contributed by atoms with Gasteiger partial charge >= 0.3 is 0 Å². The molecule has 0 unspecified atom stereocenters. The highest BCUT2D eigenvalue weighted by molar-refractivity contribution is 6.05. The molecule has 1 aromatic carbocycles. The summed E-state index contributed by atoms with van der Waals surface area (Å²) in [4.78, 5) is 13.4. The quantitative estimate of drug-likeness (QED) is 0.624. The zero-order valence-corrected chi connectivity index (χ0v) is 15.5. The zero-order valence-electron chi connectivity index (χ0n) is 15.5. The van der Waals surface area contributed by atoms with Crippen LogP contribution in [0.3, 0.4) is 0 Å². The van der Waals surface area contributed by atoms with Crippen LogP contribution in [0.5, 0.6) is 0 Å². The first-order chi connectivity index (χ1) is 13.3. The van der Waals surface area contributed by atoms with Crippen molar-refractivity contribution in [3.8, 4) is 0 Å². The molecule has 140 valence electrons. The topological polar surface area (TPSA) is 88.2 Å². The molecule has 0 spiro atoms. The van der Waals surface area contributed by atoms with Crippen LogP contribution < -0.4 is 16.4 Å². The van der Waals surface area contributed by atoms with Crippen molar-refractivity contribution in [2.45, 2.75) is 32.1 Å². The molecule has 0 bridgehead atoms. The highest BCUT2D eigenvalue weighted by atomic mass is 15.2. The minimum Gasteiger partial charge on any atom is -0.330 e. The molecule has 1 aromatic heterocycles. The Bertz CT molecular complexity index is 836. The van der Waals surface area contributed by atoms with Gasteiger partial charge in [-0.1, -0.05) is 12.1 Å². The highest BCUT2D eigenvalue weighted by Crippen LogP contribution is 2.37. The number of unbranched alkanes of at least 4 members (excludes halogenated alkanes) is 1. The maximum absolute atomic E-state index is 5.55. The Hall–Kier alpha value is -2.73. The summed E-state index contributed by atoms with van der Waals surface area (Å²) in [5.74, 6) is 2.97. The molecule has 6 nitrogen and oxygen atoms in total. The van der Waals surface area contributed by atoms with Crippen molar-refractivity contribution < 1.29 is 0 Å². The monoisotopic (exact) mass is 362 g/mol. The number of hydrogen-bond acceptors (Lipinski definition) is 6. The molecule has 2 heterocycles. The molecular formula is C21H26N6. The summed E-state index contributed by atoms with van der Waals surface area (Å²) in [6.45, 7) is 1.58. The van der Waals surface area contributed by atoms with E-state index < -0.39 is 0 Å². The van der Waals surface area contributed by atoms with Crippen molar-refractivity contribution >= 4 is 23.3 Å². The van der Waals surface area contributed by atoms with E-state index in [4.69, 9.17) is 5.73 Å². The smallest absolute Gasteiger partial charge is 0.229 e. The van der Waals surface area contributed by atoms with Gasteiger partial charge in [-0.25, -0.2) is 4.98 Å². The number of aromatic nitrogens is 2. The predicted octanol–water partition coefficient (Wildman–Crippen LogP) is 3.66. The Morgan fingerprint density at radius 3 is 2.67 bits per heavy atom. The molecule has 0 saturated heterocycles. The lowest BCUT2D eigenvalue weighted by Gasteiger charge is -2.08. The molecule has 0 atom stereocenters. The van der Waals surface area contributed by atoms with Crippen LogP contribution in [0, 0.1) is 5.92 Å². The van der Waals surface area contributed by atoms with E-state index in [0.29, 0.717) is 5.95 Å². The Balaban J connectivity index is 1.35. The summed E-state index contributed by atoms with van der Waals surface area (Å²) in [6, 6.07) is 10.3. The van der Waals surface area contributed by atoms with Crippen LogP contribution in [0.4, 0.5) is 17.5 Å². The number of nitrogens with one attached hydrogen (secondary N) is 2. The fourth-order valence-electron chi connectivity index (χ4n) is 3.20. The van der Waals surface area contributed by atoms with Gasteiger partial charge in [-0.15, -0.1) is 0 Å². The fraction of sp³-hybridized carbons (Fsp3) is 0.381. The van der Waals surface area contributed by atoms with Crippen molar-refractivity contribution in [1.82, 2.24) is 9.97 Å². The number of aliphatic imine (C=N–C) groups is 1. The molecule has 0 amide bonds. The van der Waals surface area contributed by atoms with E-state index in [1.54, 1.807) is 6.20 Å². The van der Waals surface area contributed by atoms with Gasteiger partial charge in [0, 0.05) is 11.9 Å². The first-order valence-electron chi connectivity index (χ1n) is 9.71. The number of anilines is 3. The lowest BCUT2D eigenvalue weighted by atomic mass is 10.1. The third kappa shape index (κ3) is 4.92. The number of aryl methyl sites for hydroxylation is 1. The Kier molecular flexibility index (Phi) is 5.44. The average Bonchev–Trinajstić information content (AvgIpc) is 3.43. The van der Waals surface area contributed by atoms with Crippen LogP contribution in [0.2, 0.25) is 0 Å². The molecular weight excluding hydrogens is 336 g/mol. The molecule has 1 saturated carbocycles. The molecule has 1 aliphatic heterocycles. The van der Waals surface area contributed by atoms with Crippen molar-refractivity contribution in [2.75, 3.05) is 23.7 Å². The van der Waals surface area contributed by atoms with Crippen LogP contribution in [-0.2, 0) is 6.42 Å². The van der Waals surface area contributed by atoms with Crippen LogP contribution in [0.15, 0.2) is 53.2 Å². The van der Waals surface area contributed by atoms with Gasteiger partial charge in [0.15, 0.2) is 0 Å². The van der Waals surface area contributed by atoms with Gasteiger partial charge in [0.1, 0.15) is 11.7 Å². The number of hydrogen-bond donors (Lipinski definition) is 3. The fourth-order valence-corrected chi connectivity index (χ4v) is 3.20. The lowest BCUT2D eigenvalue weighted by Crippen LogP contribution is -2.09. The summed E-state index contributed by atoms with van der Waals surface area (Å²) < 4.78 is 0. The lowest BCUT2D eigenvalue weighted by molar-refractivity contribution is 0.745. The third-order valence-electron chi connectivity index (χ3n) is 4.90. The predicted molar refractivity (Wildman–Crippen MR) is 110 cm³/mol. The van der Waals surface area contributed by atoms with Crippen molar-refractivity contribution in [3.05, 3.63) is 53.7 Å². The van der Waals surface area contributed by atoms with Crippen LogP contribution in [-0.4, -0.2) is 28.9 Å². The largest absolute Gasteiger partial charge is 0.330 e. The summed E-state index contributed by atoms with van der Waals surface area (Å²) in [6.07, 6.45) is 9.78. The summed E-state index contributed by atoms with van der Waals surface area (Å²) >= 11 is 0. The molecule has 4 rings (SSSR count). The maximum atomic E-state index is 5.55. The Labute approximate surface area is 160 Å². The van der Waals surface area contributed by atoms with Crippen molar-refractivity contribution in [1.29, 1.82) is 0 Å². The van der Waals surface area contributed by atoms with Gasteiger partial charge in [0.25, 0.3) is 0 Å². The molecule has 2 aliphatic rings. The third-order valence-corrected chi connectivity index (χ3v) is 4.90. The molecule has 4 N–H and O–H groups in total. The van der Waals surface area contributed by atoms with E-state index in [9.17, 15) is 0 Å². The first kappa shape index (κ1) is 17.7. The molecule has 27 heavy (non-hydrogen) atoms. The van der Waals surface area contributed by atoms with Gasteiger partial charge in [-0.3, -0.25) is 4.99 Å². The van der Waals surface area contributed by atoms with E-state index in [1.807, 2.05) is 6.07 Å². The Morgan fingerprint density at radius 2 is 1.89 bits per heavy atom. The van der Waals surface area contributed by atoms with E-state index in [1.165, 1.54) is 24.0 Å². The maximum Gasteiger partial charge on any atom is 0.229 e. The molecule has 1 fully saturated rings. The van der Waals surface area contributed by atoms with Crippen LogP contribution >= 0.6 is 0 Å². The number of nitrogens with zero attached hydrogens (tertiary/aromatic N) is 3. The van der Waals surface area contributed by atoms with E-state index in [0.717, 1.165) is 55.6 Å². The van der Waals surface area contributed by atoms with Crippen molar-refractivity contribution in [3.63, 3.8) is 0 Å². The second-order valence-corrected chi connectivity index (χ2v) is 7.15. The minimum absolute atomic E-state index is 0.570. The molecule has 2 aromatic rings. The summed E-state index contributed by atoms with van der Waals surface area (Å²) in [5.41, 5.74) is 9.29. The molecule has 6 heteroatoms. The highest BCUT2D eigenvalue weighted by Gasteiger charge is 2.27. The SMILES string of the molecule is NCCCCc1ccc(Nc2nccc(NC3=NCC(C4CC4)=C3)n2)cc1. The molecule has 0 radical (unpaired) electrons. The van der Waals surface area contributed by atoms with E-state index in [2.05, 4.69) is 55.9 Å². The Morgan fingerprint density at radius 1 is 1.04 bits per heavy atom. The van der Waals surface area contributed by atoms with Gasteiger partial charge in [-0.2, -0.15) is 4.98 Å². The van der Waals surface area contributed by atoms with Gasteiger partial charge in [0.05, 0.1) is 6.54 Å². The van der Waals surface area contributed by atoms with Gasteiger partial charge in [0.2, 0.25) is 5.95 Å². The minimum atomic E-state index is 0.570. The van der Waals surface area contributed by atoms with Crippen molar-refractivity contribution in [2.24, 2.45) is 16.6 Å². The van der Waals surface area contributed by atoms with Crippen LogP contribution in [0.25, 0.3) is 0 Å². The number of amidine groups is 1. The average molecular weight is 362 g/mol. The number of rotatable bonds is 8. The second kappa shape index (κ2) is 8.31. The standard InChI is InChI=1S/C21H26N6/c22-11-2-1-3-15-4-8-18(9-5-15)25-21-23-12-10-19(27-21)26-20-13-17(14-24-20)16-6-7-16/h4-5,8-10,12-13,16H,1-3,6-7,11,14,22H2,(H2,23,24,25,26,27). The number of benzene rings is 1. The van der Waals surface area contributed by atoms with E-state index >= 15 is 0 Å². The normalized spacial score (nSPS) is 16.0. The van der Waals surface area contributed by atoms with E-state index in [-0.39, 0.29) is 0 Å². The first-order valence-corrected chi connectivity index (χ1v) is 9.71. The number of nitrogens with two attached hydrogens (primary N) is 1. The van der Waals surface area contributed by atoms with Gasteiger partial charge < -0.3 is 16.4 Å².